The molecule has 2 heterocycles. The Labute approximate surface area is 139 Å². The smallest absolute Gasteiger partial charge is 0.167 e. The fourth-order valence-corrected chi connectivity index (χ4v) is 3.61. The number of anilines is 1. The minimum absolute atomic E-state index is 0.212. The zero-order valence-corrected chi connectivity index (χ0v) is 13.6. The average Bonchev–Trinajstić information content (AvgIpc) is 2.86. The van der Waals surface area contributed by atoms with Gasteiger partial charge in [0.25, 0.3) is 0 Å². The summed E-state index contributed by atoms with van der Waals surface area (Å²) in [6.07, 6.45) is 0.809. The molecule has 3 aromatic rings. The van der Waals surface area contributed by atoms with Crippen LogP contribution in [0.15, 0.2) is 36.4 Å². The lowest BCUT2D eigenvalue weighted by molar-refractivity contribution is 0.386. The lowest BCUT2D eigenvalue weighted by atomic mass is 10.0. The second kappa shape index (κ2) is 5.51. The van der Waals surface area contributed by atoms with Gasteiger partial charge < -0.3 is 14.2 Å². The summed E-state index contributed by atoms with van der Waals surface area (Å²) in [5, 5.41) is 0.980. The summed E-state index contributed by atoms with van der Waals surface area (Å²) in [6.45, 7) is 1.45. The molecule has 0 saturated carbocycles. The quantitative estimate of drug-likeness (QED) is 0.707. The van der Waals surface area contributed by atoms with Crippen LogP contribution in [0.3, 0.4) is 0 Å². The molecular weight excluding hydrogens is 310 g/mol. The Balaban J connectivity index is 1.74. The van der Waals surface area contributed by atoms with Gasteiger partial charge in [0.15, 0.2) is 11.6 Å². The second-order valence-electron chi connectivity index (χ2n) is 6.14. The van der Waals surface area contributed by atoms with Gasteiger partial charge in [0.05, 0.1) is 13.7 Å². The van der Waals surface area contributed by atoms with Crippen molar-refractivity contribution in [2.75, 3.05) is 18.6 Å². The first-order chi connectivity index (χ1) is 11.6. The lowest BCUT2D eigenvalue weighted by Crippen LogP contribution is -2.31. The number of ether oxygens (including phenoxy) is 1. The first-order valence-corrected chi connectivity index (χ1v) is 7.92. The van der Waals surface area contributed by atoms with Crippen LogP contribution in [0, 0.1) is 11.6 Å². The van der Waals surface area contributed by atoms with Crippen molar-refractivity contribution < 1.29 is 13.5 Å². The number of aromatic nitrogens is 1. The number of fused-ring (bicyclic) bond motifs is 3. The standard InChI is InChI=1S/C19H18F2N2O/c1-22-17-5-3-12(20)9-15(17)14-7-8-23(11-18(14)22)13-4-6-19(24-2)16(21)10-13/h3-6,9-10H,7-8,11H2,1-2H3. The van der Waals surface area contributed by atoms with Crippen molar-refractivity contribution in [3.8, 4) is 5.75 Å². The molecule has 4 rings (SSSR count). The summed E-state index contributed by atoms with van der Waals surface area (Å²) >= 11 is 0. The summed E-state index contributed by atoms with van der Waals surface area (Å²) in [4.78, 5) is 2.14. The van der Waals surface area contributed by atoms with Gasteiger partial charge in [0.1, 0.15) is 5.82 Å². The summed E-state index contributed by atoms with van der Waals surface area (Å²) < 4.78 is 34.7. The summed E-state index contributed by atoms with van der Waals surface area (Å²) in [7, 11) is 3.46. The van der Waals surface area contributed by atoms with E-state index in [1.54, 1.807) is 12.1 Å². The average molecular weight is 328 g/mol. The van der Waals surface area contributed by atoms with Gasteiger partial charge in [0.2, 0.25) is 0 Å². The van der Waals surface area contributed by atoms with Gasteiger partial charge >= 0.3 is 0 Å². The Morgan fingerprint density at radius 1 is 1.08 bits per heavy atom. The molecular formula is C19H18F2N2O. The Bertz CT molecular complexity index is 933. The highest BCUT2D eigenvalue weighted by Crippen LogP contribution is 2.33. The third kappa shape index (κ3) is 2.23. The minimum Gasteiger partial charge on any atom is -0.494 e. The van der Waals surface area contributed by atoms with Crippen LogP contribution in [-0.2, 0) is 20.0 Å². The Morgan fingerprint density at radius 2 is 1.92 bits per heavy atom. The molecule has 0 fully saturated rings. The molecule has 0 aliphatic carbocycles. The van der Waals surface area contributed by atoms with E-state index in [0.29, 0.717) is 6.54 Å². The number of methoxy groups -OCH3 is 1. The van der Waals surface area contributed by atoms with Crippen LogP contribution >= 0.6 is 0 Å². The SMILES string of the molecule is COc1ccc(N2CCc3c(n(C)c4ccc(F)cc34)C2)cc1F. The van der Waals surface area contributed by atoms with E-state index >= 15 is 0 Å². The maximum absolute atomic E-state index is 14.0. The van der Waals surface area contributed by atoms with Gasteiger partial charge in [-0.15, -0.1) is 0 Å². The molecule has 5 heteroatoms. The third-order valence-corrected chi connectivity index (χ3v) is 4.87. The largest absolute Gasteiger partial charge is 0.494 e. The molecule has 0 atom stereocenters. The first-order valence-electron chi connectivity index (χ1n) is 7.92. The lowest BCUT2D eigenvalue weighted by Gasteiger charge is -2.30. The van der Waals surface area contributed by atoms with Gasteiger partial charge in [-0.25, -0.2) is 8.78 Å². The number of rotatable bonds is 2. The highest BCUT2D eigenvalue weighted by Gasteiger charge is 2.23. The van der Waals surface area contributed by atoms with Crippen LogP contribution in [0.2, 0.25) is 0 Å². The zero-order chi connectivity index (χ0) is 16.8. The van der Waals surface area contributed by atoms with Crippen molar-refractivity contribution >= 4 is 16.6 Å². The Hall–Kier alpha value is -2.56. The maximum Gasteiger partial charge on any atom is 0.167 e. The first kappa shape index (κ1) is 15.0. The van der Waals surface area contributed by atoms with Gasteiger partial charge in [-0.2, -0.15) is 0 Å². The molecule has 0 amide bonds. The monoisotopic (exact) mass is 328 g/mol. The Kier molecular flexibility index (Phi) is 3.44. The number of benzene rings is 2. The molecule has 0 bridgehead atoms. The number of nitrogens with zero attached hydrogens (tertiary/aromatic N) is 2. The van der Waals surface area contributed by atoms with E-state index in [2.05, 4.69) is 9.47 Å². The summed E-state index contributed by atoms with van der Waals surface area (Å²) in [5.74, 6) is -0.327. The van der Waals surface area contributed by atoms with Crippen molar-refractivity contribution in [3.63, 3.8) is 0 Å². The van der Waals surface area contributed by atoms with Crippen molar-refractivity contribution in [2.24, 2.45) is 7.05 Å². The van der Waals surface area contributed by atoms with E-state index < -0.39 is 0 Å². The van der Waals surface area contributed by atoms with Crippen molar-refractivity contribution in [1.82, 2.24) is 4.57 Å². The van der Waals surface area contributed by atoms with Crippen LogP contribution in [0.5, 0.6) is 5.75 Å². The third-order valence-electron chi connectivity index (χ3n) is 4.87. The predicted molar refractivity (Wildman–Crippen MR) is 90.6 cm³/mol. The summed E-state index contributed by atoms with van der Waals surface area (Å²) in [5.41, 5.74) is 4.20. The molecule has 0 saturated heterocycles. The van der Waals surface area contributed by atoms with Crippen molar-refractivity contribution in [1.29, 1.82) is 0 Å². The molecule has 1 aromatic heterocycles. The van der Waals surface area contributed by atoms with Crippen molar-refractivity contribution in [3.05, 3.63) is 59.3 Å². The van der Waals surface area contributed by atoms with Crippen LogP contribution in [-0.4, -0.2) is 18.2 Å². The molecule has 0 radical (unpaired) electrons. The van der Waals surface area contributed by atoms with Crippen LogP contribution in [0.25, 0.3) is 10.9 Å². The van der Waals surface area contributed by atoms with E-state index in [-0.39, 0.29) is 17.4 Å². The molecule has 3 nitrogen and oxygen atoms in total. The van der Waals surface area contributed by atoms with Crippen LogP contribution < -0.4 is 9.64 Å². The number of aryl methyl sites for hydroxylation is 1. The highest BCUT2D eigenvalue weighted by atomic mass is 19.1. The van der Waals surface area contributed by atoms with E-state index in [9.17, 15) is 8.78 Å². The predicted octanol–water partition coefficient (Wildman–Crippen LogP) is 4.03. The molecule has 0 N–H and O–H groups in total. The molecule has 1 aliphatic heterocycles. The normalized spacial score (nSPS) is 14.1. The highest BCUT2D eigenvalue weighted by molar-refractivity contribution is 5.86. The van der Waals surface area contributed by atoms with Gasteiger partial charge in [-0.05, 0) is 42.3 Å². The molecule has 0 unspecified atom stereocenters. The minimum atomic E-state index is -0.361. The Morgan fingerprint density at radius 3 is 2.67 bits per heavy atom. The van der Waals surface area contributed by atoms with Gasteiger partial charge in [-0.3, -0.25) is 0 Å². The van der Waals surface area contributed by atoms with Crippen molar-refractivity contribution in [2.45, 2.75) is 13.0 Å². The fourth-order valence-electron chi connectivity index (χ4n) is 3.61. The number of halogens is 2. The topological polar surface area (TPSA) is 17.4 Å². The van der Waals surface area contributed by atoms with E-state index in [4.69, 9.17) is 4.74 Å². The maximum atomic E-state index is 14.0. The number of hydrogen-bond acceptors (Lipinski definition) is 2. The fraction of sp³-hybridized carbons (Fsp3) is 0.263. The zero-order valence-electron chi connectivity index (χ0n) is 13.6. The molecule has 124 valence electrons. The van der Waals surface area contributed by atoms with E-state index in [1.165, 1.54) is 24.8 Å². The molecule has 0 spiro atoms. The van der Waals surface area contributed by atoms with E-state index in [1.807, 2.05) is 19.2 Å². The van der Waals surface area contributed by atoms with Crippen LogP contribution in [0.1, 0.15) is 11.3 Å². The summed E-state index contributed by atoms with van der Waals surface area (Å²) in [6, 6.07) is 9.94. The van der Waals surface area contributed by atoms with Crippen LogP contribution in [0.4, 0.5) is 14.5 Å². The van der Waals surface area contributed by atoms with Gasteiger partial charge in [0, 0.05) is 41.9 Å². The van der Waals surface area contributed by atoms with Gasteiger partial charge in [-0.1, -0.05) is 0 Å². The number of hydrogen-bond donors (Lipinski definition) is 0. The molecule has 1 aliphatic rings. The second-order valence-corrected chi connectivity index (χ2v) is 6.14. The molecule has 24 heavy (non-hydrogen) atoms. The molecule has 2 aromatic carbocycles. The van der Waals surface area contributed by atoms with E-state index in [0.717, 1.165) is 35.2 Å².